The number of unbranched alkanes of at least 4 members (excludes halogenated alkanes) is 3. The molecular weight excluding hydrogens is 326 g/mol. The van der Waals surface area contributed by atoms with E-state index in [0.29, 0.717) is 24.8 Å². The number of hydrogen-bond donors (Lipinski definition) is 3. The molecule has 1 unspecified atom stereocenters. The van der Waals surface area contributed by atoms with Crippen molar-refractivity contribution in [3.8, 4) is 0 Å². The molecule has 0 aromatic rings. The van der Waals surface area contributed by atoms with Gasteiger partial charge in [-0.25, -0.2) is 0 Å². The molecule has 3 heterocycles. The Balaban J connectivity index is 1.68. The van der Waals surface area contributed by atoms with Crippen molar-refractivity contribution < 1.29 is 19.7 Å². The van der Waals surface area contributed by atoms with Gasteiger partial charge in [-0.3, -0.25) is 25.0 Å². The van der Waals surface area contributed by atoms with Gasteiger partial charge in [0.1, 0.15) is 12.3 Å². The van der Waals surface area contributed by atoms with Crippen LogP contribution in [0.5, 0.6) is 0 Å². The van der Waals surface area contributed by atoms with Crippen molar-refractivity contribution in [2.24, 2.45) is 15.0 Å². The van der Waals surface area contributed by atoms with Crippen molar-refractivity contribution in [3.05, 3.63) is 0 Å². The molecule has 0 radical (unpaired) electrons. The van der Waals surface area contributed by atoms with Gasteiger partial charge in [0.25, 0.3) is 5.91 Å². The van der Waals surface area contributed by atoms with E-state index in [4.69, 9.17) is 4.74 Å². The minimum Gasteiger partial charge on any atom is -0.394 e. The zero-order valence-corrected chi connectivity index (χ0v) is 14.3. The zero-order chi connectivity index (χ0) is 17.8. The number of nitrogens with one attached hydrogen (secondary N) is 1. The van der Waals surface area contributed by atoms with Gasteiger partial charge >= 0.3 is 0 Å². The minimum absolute atomic E-state index is 0.260. The third-order valence-corrected chi connectivity index (χ3v) is 4.52. The zero-order valence-electron chi connectivity index (χ0n) is 14.3. The quantitative estimate of drug-likeness (QED) is 0.541. The Morgan fingerprint density at radius 2 is 2.28 bits per heavy atom. The summed E-state index contributed by atoms with van der Waals surface area (Å²) in [5, 5.41) is 21.8. The third-order valence-electron chi connectivity index (χ3n) is 4.52. The largest absolute Gasteiger partial charge is 0.394 e. The number of nitrogens with zero attached hydrogens (tertiary/aromatic N) is 4. The van der Waals surface area contributed by atoms with Gasteiger partial charge in [-0.15, -0.1) is 0 Å². The second-order valence-electron chi connectivity index (χ2n) is 6.41. The van der Waals surface area contributed by atoms with E-state index in [1.165, 1.54) is 12.8 Å². The van der Waals surface area contributed by atoms with E-state index in [1.807, 2.05) is 0 Å². The standard InChI is InChI=1S/C16H25N5O4/c1-2-3-4-5-6-17-16-19-14-13(15(24)20-16)18-9-21(14)12-7-10(23)11(8-22)25-12/h9-13,22-23H,2-8H2,1H3,(H,17,20,24)/t10-,11+,12+,13?/m0/s1. The lowest BCUT2D eigenvalue weighted by Crippen LogP contribution is -2.51. The molecule has 0 aromatic heterocycles. The molecule has 1 amide bonds. The molecule has 3 N–H and O–H groups in total. The van der Waals surface area contributed by atoms with Crippen LogP contribution in [-0.2, 0) is 9.53 Å². The molecule has 1 fully saturated rings. The van der Waals surface area contributed by atoms with Crippen LogP contribution in [-0.4, -0.2) is 76.8 Å². The average molecular weight is 351 g/mol. The maximum Gasteiger partial charge on any atom is 0.259 e. The van der Waals surface area contributed by atoms with Gasteiger partial charge in [0.15, 0.2) is 11.9 Å². The number of carbonyl (C=O) groups is 1. The van der Waals surface area contributed by atoms with Crippen LogP contribution < -0.4 is 5.32 Å². The van der Waals surface area contributed by atoms with Crippen molar-refractivity contribution in [2.75, 3.05) is 13.2 Å². The molecule has 0 spiro atoms. The average Bonchev–Trinajstić information content (AvgIpc) is 3.18. The summed E-state index contributed by atoms with van der Waals surface area (Å²) in [6.07, 6.45) is 4.31. The van der Waals surface area contributed by atoms with Gasteiger partial charge in [-0.2, -0.15) is 4.99 Å². The van der Waals surface area contributed by atoms with Crippen LogP contribution in [0.4, 0.5) is 0 Å². The Kier molecular flexibility index (Phi) is 5.77. The van der Waals surface area contributed by atoms with Crippen molar-refractivity contribution in [3.63, 3.8) is 0 Å². The fourth-order valence-electron chi connectivity index (χ4n) is 3.09. The highest BCUT2D eigenvalue weighted by Crippen LogP contribution is 2.26. The highest BCUT2D eigenvalue weighted by Gasteiger charge is 2.44. The maximum absolute atomic E-state index is 12.2. The van der Waals surface area contributed by atoms with Crippen molar-refractivity contribution in [1.82, 2.24) is 10.2 Å². The van der Waals surface area contributed by atoms with Crippen molar-refractivity contribution in [1.29, 1.82) is 0 Å². The predicted octanol–water partition coefficient (Wildman–Crippen LogP) is -0.368. The predicted molar refractivity (Wildman–Crippen MR) is 92.5 cm³/mol. The molecule has 25 heavy (non-hydrogen) atoms. The van der Waals surface area contributed by atoms with Crippen LogP contribution >= 0.6 is 0 Å². The van der Waals surface area contributed by atoms with Gasteiger partial charge in [0.05, 0.1) is 19.0 Å². The Labute approximate surface area is 146 Å². The lowest BCUT2D eigenvalue weighted by molar-refractivity contribution is -0.119. The summed E-state index contributed by atoms with van der Waals surface area (Å²) in [6.45, 7) is 2.50. The van der Waals surface area contributed by atoms with Gasteiger partial charge < -0.3 is 14.9 Å². The number of hydrogen-bond acceptors (Lipinski definition) is 7. The molecule has 0 bridgehead atoms. The molecule has 0 aliphatic carbocycles. The summed E-state index contributed by atoms with van der Waals surface area (Å²) in [4.78, 5) is 26.8. The molecule has 3 aliphatic heterocycles. The number of amidine groups is 1. The Morgan fingerprint density at radius 3 is 3.00 bits per heavy atom. The van der Waals surface area contributed by atoms with Crippen LogP contribution in [0.25, 0.3) is 0 Å². The molecule has 0 aromatic carbocycles. The molecule has 3 rings (SSSR count). The van der Waals surface area contributed by atoms with Crippen molar-refractivity contribution >= 4 is 24.0 Å². The summed E-state index contributed by atoms with van der Waals surface area (Å²) < 4.78 is 5.63. The van der Waals surface area contributed by atoms with E-state index in [2.05, 4.69) is 27.2 Å². The second kappa shape index (κ2) is 8.03. The number of aliphatic imine (C=N–C) groups is 3. The van der Waals surface area contributed by atoms with Gasteiger partial charge in [0, 0.05) is 13.0 Å². The number of aliphatic hydroxyl groups excluding tert-OH is 2. The number of carbonyl (C=O) groups excluding carboxylic acids is 1. The van der Waals surface area contributed by atoms with E-state index in [-0.39, 0.29) is 12.5 Å². The highest BCUT2D eigenvalue weighted by atomic mass is 16.5. The summed E-state index contributed by atoms with van der Waals surface area (Å²) in [6, 6.07) is -0.715. The molecular formula is C16H25N5O4. The molecule has 9 heteroatoms. The fraction of sp³-hybridized carbons (Fsp3) is 0.750. The molecule has 1 saturated heterocycles. The summed E-state index contributed by atoms with van der Waals surface area (Å²) in [5.74, 6) is 0.473. The topological polar surface area (TPSA) is 119 Å². The maximum atomic E-state index is 12.2. The molecule has 3 aliphatic rings. The highest BCUT2D eigenvalue weighted by molar-refractivity contribution is 6.23. The number of fused-ring (bicyclic) bond motifs is 1. The first-order chi connectivity index (χ1) is 12.1. The smallest absolute Gasteiger partial charge is 0.259 e. The molecule has 9 nitrogen and oxygen atoms in total. The Bertz CT molecular complexity index is 591. The number of ether oxygens (including phenoxy) is 1. The van der Waals surface area contributed by atoms with Gasteiger partial charge in [-0.05, 0) is 6.42 Å². The van der Waals surface area contributed by atoms with Crippen LogP contribution in [0.2, 0.25) is 0 Å². The van der Waals surface area contributed by atoms with E-state index in [0.717, 1.165) is 19.3 Å². The first-order valence-electron chi connectivity index (χ1n) is 8.84. The minimum atomic E-state index is -0.757. The van der Waals surface area contributed by atoms with Gasteiger partial charge in [-0.1, -0.05) is 26.2 Å². The lowest BCUT2D eigenvalue weighted by Gasteiger charge is -2.26. The monoisotopic (exact) mass is 351 g/mol. The van der Waals surface area contributed by atoms with Crippen LogP contribution in [0, 0.1) is 0 Å². The number of guanidine groups is 1. The Hall–Kier alpha value is -1.84. The van der Waals surface area contributed by atoms with E-state index in [9.17, 15) is 15.0 Å². The molecule has 138 valence electrons. The van der Waals surface area contributed by atoms with Crippen molar-refractivity contribution in [2.45, 2.75) is 63.5 Å². The summed E-state index contributed by atoms with van der Waals surface area (Å²) in [7, 11) is 0. The van der Waals surface area contributed by atoms with Crippen LogP contribution in [0.1, 0.15) is 39.0 Å². The SMILES string of the molecule is CCCCCCN=C1N=C2C(N=CN2[C@H]2C[C@H](O)[C@@H](CO)O2)C(=O)N1. The first kappa shape index (κ1) is 18.0. The molecule has 0 saturated carbocycles. The van der Waals surface area contributed by atoms with Gasteiger partial charge in [0.2, 0.25) is 5.96 Å². The summed E-state index contributed by atoms with van der Waals surface area (Å²) >= 11 is 0. The first-order valence-corrected chi connectivity index (χ1v) is 8.84. The lowest BCUT2D eigenvalue weighted by atomic mass is 10.1. The van der Waals surface area contributed by atoms with Crippen LogP contribution in [0.15, 0.2) is 15.0 Å². The second-order valence-corrected chi connectivity index (χ2v) is 6.41. The number of rotatable bonds is 7. The molecule has 4 atom stereocenters. The van der Waals surface area contributed by atoms with Crippen LogP contribution in [0.3, 0.4) is 0 Å². The van der Waals surface area contributed by atoms with E-state index >= 15 is 0 Å². The van der Waals surface area contributed by atoms with E-state index < -0.39 is 24.5 Å². The Morgan fingerprint density at radius 1 is 1.44 bits per heavy atom. The number of aliphatic hydroxyl groups is 2. The fourth-order valence-corrected chi connectivity index (χ4v) is 3.09. The number of amides is 1. The van der Waals surface area contributed by atoms with E-state index in [1.54, 1.807) is 4.90 Å². The third kappa shape index (κ3) is 3.88. The normalized spacial score (nSPS) is 32.9. The summed E-state index contributed by atoms with van der Waals surface area (Å²) in [5.41, 5.74) is 0.